The molecule has 11 heteroatoms. The van der Waals surface area contributed by atoms with E-state index in [1.165, 1.54) is 29.0 Å². The molecule has 5 heterocycles. The summed E-state index contributed by atoms with van der Waals surface area (Å²) in [7, 11) is 0. The largest absolute Gasteiger partial charge is 0.421 e. The van der Waals surface area contributed by atoms with Gasteiger partial charge in [-0.3, -0.25) is 14.6 Å². The van der Waals surface area contributed by atoms with Crippen molar-refractivity contribution in [3.05, 3.63) is 111 Å². The summed E-state index contributed by atoms with van der Waals surface area (Å²) in [4.78, 5) is 35.7. The number of carbonyl (C=O) groups excluding carboxylic acids is 2. The van der Waals surface area contributed by atoms with Gasteiger partial charge in [-0.1, -0.05) is 36.4 Å². The summed E-state index contributed by atoms with van der Waals surface area (Å²) in [5.41, 5.74) is 5.55. The van der Waals surface area contributed by atoms with Crippen molar-refractivity contribution in [1.82, 2.24) is 25.4 Å². The fourth-order valence-electron chi connectivity index (χ4n) is 7.09. The number of rotatable bonds is 7. The highest BCUT2D eigenvalue weighted by Gasteiger charge is 2.45. The Bertz CT molecular complexity index is 2000. The van der Waals surface area contributed by atoms with Crippen LogP contribution in [0.5, 0.6) is 0 Å². The van der Waals surface area contributed by atoms with Crippen LogP contribution in [0.3, 0.4) is 0 Å². The molecule has 46 heavy (non-hydrogen) atoms. The minimum Gasteiger partial charge on any atom is -0.421 e. The summed E-state index contributed by atoms with van der Waals surface area (Å²) in [6, 6.07) is 17.2. The molecule has 0 spiro atoms. The minimum atomic E-state index is -1.02. The van der Waals surface area contributed by atoms with Crippen molar-refractivity contribution in [2.45, 2.75) is 57.2 Å². The van der Waals surface area contributed by atoms with Crippen LogP contribution in [0.4, 0.5) is 4.39 Å². The molecule has 1 aliphatic carbocycles. The first-order valence-electron chi connectivity index (χ1n) is 15.5. The Kier molecular flexibility index (Phi) is 7.02. The highest BCUT2D eigenvalue weighted by molar-refractivity contribution is 7.17. The van der Waals surface area contributed by atoms with E-state index in [-0.39, 0.29) is 36.2 Å². The summed E-state index contributed by atoms with van der Waals surface area (Å²) in [6.45, 7) is 2.31. The third-order valence-electron chi connectivity index (χ3n) is 9.24. The van der Waals surface area contributed by atoms with Crippen LogP contribution in [-0.4, -0.2) is 43.5 Å². The van der Waals surface area contributed by atoms with E-state index in [0.29, 0.717) is 55.8 Å². The number of pyridine rings is 1. The van der Waals surface area contributed by atoms with Crippen LogP contribution in [-0.2, 0) is 12.8 Å². The first-order chi connectivity index (χ1) is 22.4. The molecule has 1 saturated heterocycles. The van der Waals surface area contributed by atoms with Crippen LogP contribution >= 0.6 is 11.3 Å². The number of halogens is 1. The van der Waals surface area contributed by atoms with Crippen molar-refractivity contribution in [3.8, 4) is 21.9 Å². The SMILES string of the molecule is Cc1nnc(-c2c(C[C@@H](O)c3ccc(F)cc3)nc3c(c2-c2ccc(C(=O)N[C@@H]4CCc5ccccc54)s2)C(=O)N2CCC[C@H]32)o1. The molecule has 2 aromatic carbocycles. The molecule has 0 radical (unpaired) electrons. The Labute approximate surface area is 268 Å². The summed E-state index contributed by atoms with van der Waals surface area (Å²) in [5.74, 6) is -0.194. The Hall–Kier alpha value is -4.74. The average molecular weight is 636 g/mol. The molecule has 3 atom stereocenters. The first-order valence-corrected chi connectivity index (χ1v) is 16.3. The number of benzene rings is 2. The maximum atomic E-state index is 14.0. The predicted octanol–water partition coefficient (Wildman–Crippen LogP) is 6.29. The van der Waals surface area contributed by atoms with E-state index in [2.05, 4.69) is 27.6 Å². The molecule has 9 nitrogen and oxygen atoms in total. The van der Waals surface area contributed by atoms with Gasteiger partial charge < -0.3 is 19.7 Å². The Morgan fingerprint density at radius 2 is 1.91 bits per heavy atom. The third-order valence-corrected chi connectivity index (χ3v) is 10.3. The van der Waals surface area contributed by atoms with E-state index in [0.717, 1.165) is 31.2 Å². The predicted molar refractivity (Wildman–Crippen MR) is 169 cm³/mol. The van der Waals surface area contributed by atoms with Crippen LogP contribution in [0.25, 0.3) is 21.9 Å². The zero-order chi connectivity index (χ0) is 31.5. The molecule has 5 aromatic rings. The van der Waals surface area contributed by atoms with Crippen molar-refractivity contribution in [2.24, 2.45) is 0 Å². The van der Waals surface area contributed by atoms with Crippen LogP contribution in [0.1, 0.15) is 91.4 Å². The van der Waals surface area contributed by atoms with Gasteiger partial charge in [-0.2, -0.15) is 0 Å². The zero-order valence-corrected chi connectivity index (χ0v) is 25.8. The number of carbonyl (C=O) groups is 2. The topological polar surface area (TPSA) is 121 Å². The molecular formula is C35H30FN5O4S. The fraction of sp³-hybridized carbons (Fsp3) is 0.286. The van der Waals surface area contributed by atoms with Gasteiger partial charge in [0.05, 0.1) is 45.6 Å². The summed E-state index contributed by atoms with van der Waals surface area (Å²) in [6.07, 6.45) is 2.46. The number of fused-ring (bicyclic) bond motifs is 4. The lowest BCUT2D eigenvalue weighted by atomic mass is 9.92. The van der Waals surface area contributed by atoms with Crippen LogP contribution in [0, 0.1) is 12.7 Å². The molecule has 0 bridgehead atoms. The first kappa shape index (κ1) is 28.7. The quantitative estimate of drug-likeness (QED) is 0.216. The van der Waals surface area contributed by atoms with Gasteiger partial charge in [0.2, 0.25) is 11.8 Å². The lowest BCUT2D eigenvalue weighted by Gasteiger charge is -2.18. The normalized spacial score (nSPS) is 18.8. The number of aliphatic hydroxyl groups excluding tert-OH is 1. The highest BCUT2D eigenvalue weighted by Crippen LogP contribution is 2.49. The van der Waals surface area contributed by atoms with Gasteiger partial charge in [0.1, 0.15) is 5.82 Å². The van der Waals surface area contributed by atoms with Gasteiger partial charge in [-0.15, -0.1) is 21.5 Å². The molecule has 0 saturated carbocycles. The molecule has 0 unspecified atom stereocenters. The molecular weight excluding hydrogens is 605 g/mol. The maximum Gasteiger partial charge on any atom is 0.261 e. The molecule has 3 aromatic heterocycles. The van der Waals surface area contributed by atoms with E-state index in [4.69, 9.17) is 9.40 Å². The number of nitrogens with one attached hydrogen (secondary N) is 1. The summed E-state index contributed by atoms with van der Waals surface area (Å²) in [5, 5.41) is 22.9. The van der Waals surface area contributed by atoms with E-state index in [9.17, 15) is 19.1 Å². The van der Waals surface area contributed by atoms with Gasteiger partial charge >= 0.3 is 0 Å². The van der Waals surface area contributed by atoms with Crippen LogP contribution in [0.15, 0.2) is 65.1 Å². The lowest BCUT2D eigenvalue weighted by molar-refractivity contribution is 0.0775. The fourth-order valence-corrected chi connectivity index (χ4v) is 8.06. The molecule has 1 fully saturated rings. The number of thiophene rings is 1. The Morgan fingerprint density at radius 3 is 2.72 bits per heavy atom. The molecule has 8 rings (SSSR count). The number of aliphatic hydroxyl groups is 1. The standard InChI is InChI=1S/C35H30FN5O4S/c1-18-39-40-34(45-18)29-24(17-26(42)20-8-11-21(36)12-9-20)37-32-25-7-4-16-41(25)35(44)31(32)30(29)27-14-15-28(46-27)33(43)38-23-13-10-19-5-2-3-6-22(19)23/h2-3,5-6,8-9,11-12,14-15,23,25-26,42H,4,7,10,13,16-17H2,1H3,(H,38,43)/t23-,25-,26-/m1/s1. The van der Waals surface area contributed by atoms with Crippen molar-refractivity contribution < 1.29 is 23.5 Å². The molecule has 2 aliphatic heterocycles. The van der Waals surface area contributed by atoms with Gasteiger partial charge in [-0.25, -0.2) is 4.39 Å². The number of aryl methyl sites for hydroxylation is 2. The average Bonchev–Trinajstić information content (AvgIpc) is 3.89. The van der Waals surface area contributed by atoms with E-state index in [1.807, 2.05) is 23.1 Å². The number of nitrogens with zero attached hydrogens (tertiary/aromatic N) is 4. The second-order valence-corrected chi connectivity index (χ2v) is 13.1. The third kappa shape index (κ3) is 4.81. The lowest BCUT2D eigenvalue weighted by Crippen LogP contribution is -2.26. The van der Waals surface area contributed by atoms with Gasteiger partial charge in [-0.05, 0) is 66.6 Å². The van der Waals surface area contributed by atoms with Crippen LogP contribution < -0.4 is 5.32 Å². The highest BCUT2D eigenvalue weighted by atomic mass is 32.1. The summed E-state index contributed by atoms with van der Waals surface area (Å²) < 4.78 is 19.6. The Balaban J connectivity index is 1.24. The van der Waals surface area contributed by atoms with E-state index < -0.39 is 11.9 Å². The molecule has 3 aliphatic rings. The summed E-state index contributed by atoms with van der Waals surface area (Å²) >= 11 is 1.29. The van der Waals surface area contributed by atoms with Crippen molar-refractivity contribution >= 4 is 23.2 Å². The number of hydrogen-bond donors (Lipinski definition) is 2. The van der Waals surface area contributed by atoms with Gasteiger partial charge in [0.15, 0.2) is 0 Å². The monoisotopic (exact) mass is 635 g/mol. The van der Waals surface area contributed by atoms with Crippen molar-refractivity contribution in [1.29, 1.82) is 0 Å². The van der Waals surface area contributed by atoms with Crippen molar-refractivity contribution in [3.63, 3.8) is 0 Å². The number of amides is 2. The second-order valence-electron chi connectivity index (χ2n) is 12.1. The maximum absolute atomic E-state index is 14.0. The van der Waals surface area contributed by atoms with E-state index >= 15 is 0 Å². The zero-order valence-electron chi connectivity index (χ0n) is 25.0. The molecule has 2 amide bonds. The second kappa shape index (κ2) is 11.3. The minimum absolute atomic E-state index is 0.0589. The smallest absolute Gasteiger partial charge is 0.261 e. The molecule has 2 N–H and O–H groups in total. The van der Waals surface area contributed by atoms with E-state index in [1.54, 1.807) is 25.1 Å². The Morgan fingerprint density at radius 1 is 1.09 bits per heavy atom. The number of hydrogen-bond acceptors (Lipinski definition) is 8. The van der Waals surface area contributed by atoms with Crippen molar-refractivity contribution in [2.75, 3.05) is 6.54 Å². The van der Waals surface area contributed by atoms with Gasteiger partial charge in [0, 0.05) is 30.3 Å². The van der Waals surface area contributed by atoms with Crippen LogP contribution in [0.2, 0.25) is 0 Å². The molecule has 232 valence electrons. The number of aromatic nitrogens is 3. The van der Waals surface area contributed by atoms with Gasteiger partial charge in [0.25, 0.3) is 11.8 Å².